The Bertz CT molecular complexity index is 405. The Morgan fingerprint density at radius 2 is 2.11 bits per heavy atom. The highest BCUT2D eigenvalue weighted by atomic mass is 32.1. The summed E-state index contributed by atoms with van der Waals surface area (Å²) >= 11 is 4.22. The molecule has 0 aliphatic carbocycles. The number of hydrogen-bond acceptors (Lipinski definition) is 3. The SMILES string of the molecule is O=C(c1ccc(S)cc1)N1CCCC1CCCO. The molecule has 0 bridgehead atoms. The van der Waals surface area contributed by atoms with Crippen molar-refractivity contribution in [1.29, 1.82) is 0 Å². The van der Waals surface area contributed by atoms with Crippen molar-refractivity contribution in [2.45, 2.75) is 36.6 Å². The van der Waals surface area contributed by atoms with E-state index in [2.05, 4.69) is 12.6 Å². The van der Waals surface area contributed by atoms with Gasteiger partial charge >= 0.3 is 0 Å². The molecule has 1 N–H and O–H groups in total. The molecular weight excluding hydrogens is 246 g/mol. The van der Waals surface area contributed by atoms with Gasteiger partial charge in [-0.3, -0.25) is 4.79 Å². The van der Waals surface area contributed by atoms with Crippen LogP contribution in [0.3, 0.4) is 0 Å². The lowest BCUT2D eigenvalue weighted by molar-refractivity contribution is 0.0724. The average molecular weight is 265 g/mol. The maximum Gasteiger partial charge on any atom is 0.254 e. The third kappa shape index (κ3) is 3.06. The number of benzene rings is 1. The molecule has 1 fully saturated rings. The second-order valence-electron chi connectivity index (χ2n) is 4.71. The second kappa shape index (κ2) is 6.25. The first-order chi connectivity index (χ1) is 8.72. The van der Waals surface area contributed by atoms with Gasteiger partial charge < -0.3 is 10.0 Å². The summed E-state index contributed by atoms with van der Waals surface area (Å²) in [6.45, 7) is 1.03. The molecule has 98 valence electrons. The highest BCUT2D eigenvalue weighted by Crippen LogP contribution is 2.23. The van der Waals surface area contributed by atoms with Gasteiger partial charge in [-0.25, -0.2) is 0 Å². The summed E-state index contributed by atoms with van der Waals surface area (Å²) < 4.78 is 0. The molecule has 1 aliphatic heterocycles. The molecule has 1 heterocycles. The van der Waals surface area contributed by atoms with Gasteiger partial charge in [0, 0.05) is 29.7 Å². The van der Waals surface area contributed by atoms with E-state index in [-0.39, 0.29) is 12.5 Å². The molecule has 0 radical (unpaired) electrons. The minimum atomic E-state index is 0.101. The third-order valence-corrected chi connectivity index (χ3v) is 3.75. The normalized spacial score (nSPS) is 19.2. The summed E-state index contributed by atoms with van der Waals surface area (Å²) in [6.07, 6.45) is 3.78. The molecule has 3 nitrogen and oxygen atoms in total. The van der Waals surface area contributed by atoms with Crippen molar-refractivity contribution in [2.75, 3.05) is 13.2 Å². The van der Waals surface area contributed by atoms with Crippen LogP contribution >= 0.6 is 12.6 Å². The van der Waals surface area contributed by atoms with Gasteiger partial charge in [0.1, 0.15) is 0 Å². The number of hydrogen-bond donors (Lipinski definition) is 2. The molecule has 18 heavy (non-hydrogen) atoms. The predicted octanol–water partition coefficient (Wildman–Crippen LogP) is 2.35. The minimum Gasteiger partial charge on any atom is -0.396 e. The molecular formula is C14H19NO2S. The van der Waals surface area contributed by atoms with Crippen molar-refractivity contribution < 1.29 is 9.90 Å². The molecule has 1 aromatic carbocycles. The highest BCUT2D eigenvalue weighted by molar-refractivity contribution is 7.80. The van der Waals surface area contributed by atoms with Gasteiger partial charge in [-0.15, -0.1) is 12.6 Å². The molecule has 4 heteroatoms. The number of nitrogens with zero attached hydrogens (tertiary/aromatic N) is 1. The van der Waals surface area contributed by atoms with Crippen LogP contribution in [0.4, 0.5) is 0 Å². The lowest BCUT2D eigenvalue weighted by Gasteiger charge is -2.24. The van der Waals surface area contributed by atoms with Crippen LogP contribution in [0.15, 0.2) is 29.2 Å². The summed E-state index contributed by atoms with van der Waals surface area (Å²) in [5, 5.41) is 8.89. The van der Waals surface area contributed by atoms with E-state index < -0.39 is 0 Å². The van der Waals surface area contributed by atoms with E-state index in [1.54, 1.807) is 0 Å². The molecule has 1 amide bonds. The molecule has 1 atom stereocenters. The van der Waals surface area contributed by atoms with Crippen LogP contribution in [-0.4, -0.2) is 35.1 Å². The van der Waals surface area contributed by atoms with Gasteiger partial charge in [0.2, 0.25) is 0 Å². The minimum absolute atomic E-state index is 0.101. The molecule has 2 rings (SSSR count). The predicted molar refractivity (Wildman–Crippen MR) is 74.1 cm³/mol. The van der Waals surface area contributed by atoms with Crippen LogP contribution in [0.2, 0.25) is 0 Å². The summed E-state index contributed by atoms with van der Waals surface area (Å²) in [5.41, 5.74) is 0.726. The zero-order chi connectivity index (χ0) is 13.0. The zero-order valence-electron chi connectivity index (χ0n) is 10.4. The number of aliphatic hydroxyl groups excluding tert-OH is 1. The number of aliphatic hydroxyl groups is 1. The van der Waals surface area contributed by atoms with Crippen LogP contribution in [-0.2, 0) is 0 Å². The van der Waals surface area contributed by atoms with E-state index in [4.69, 9.17) is 5.11 Å². The summed E-state index contributed by atoms with van der Waals surface area (Å²) in [5.74, 6) is 0.101. The van der Waals surface area contributed by atoms with Crippen molar-refractivity contribution in [3.05, 3.63) is 29.8 Å². The van der Waals surface area contributed by atoms with E-state index in [1.807, 2.05) is 29.2 Å². The Balaban J connectivity index is 2.05. The lowest BCUT2D eigenvalue weighted by Crippen LogP contribution is -2.35. The number of rotatable bonds is 4. The molecule has 0 aromatic heterocycles. The van der Waals surface area contributed by atoms with Crippen LogP contribution in [0.25, 0.3) is 0 Å². The maximum absolute atomic E-state index is 12.4. The van der Waals surface area contributed by atoms with E-state index >= 15 is 0 Å². The maximum atomic E-state index is 12.4. The summed E-state index contributed by atoms with van der Waals surface area (Å²) in [4.78, 5) is 15.2. The zero-order valence-corrected chi connectivity index (χ0v) is 11.3. The lowest BCUT2D eigenvalue weighted by atomic mass is 10.1. The number of carbonyl (C=O) groups excluding carboxylic acids is 1. The molecule has 0 saturated carbocycles. The van der Waals surface area contributed by atoms with E-state index in [0.717, 1.165) is 42.7 Å². The van der Waals surface area contributed by atoms with Gasteiger partial charge in [0.15, 0.2) is 0 Å². The number of thiol groups is 1. The second-order valence-corrected chi connectivity index (χ2v) is 5.22. The third-order valence-electron chi connectivity index (χ3n) is 3.45. The molecule has 1 aromatic rings. The first kappa shape index (κ1) is 13.4. The number of likely N-dealkylation sites (tertiary alicyclic amines) is 1. The Kier molecular flexibility index (Phi) is 4.66. The van der Waals surface area contributed by atoms with Crippen LogP contribution in [0.1, 0.15) is 36.0 Å². The topological polar surface area (TPSA) is 40.5 Å². The van der Waals surface area contributed by atoms with Crippen molar-refractivity contribution >= 4 is 18.5 Å². The van der Waals surface area contributed by atoms with Gasteiger partial charge in [-0.2, -0.15) is 0 Å². The fraction of sp³-hybridized carbons (Fsp3) is 0.500. The van der Waals surface area contributed by atoms with E-state index in [0.29, 0.717) is 6.04 Å². The van der Waals surface area contributed by atoms with Gasteiger partial charge in [-0.05, 0) is 49.9 Å². The molecule has 1 aliphatic rings. The van der Waals surface area contributed by atoms with Crippen LogP contribution in [0.5, 0.6) is 0 Å². The Hall–Kier alpha value is -1.00. The van der Waals surface area contributed by atoms with Gasteiger partial charge in [0.25, 0.3) is 5.91 Å². The Morgan fingerprint density at radius 3 is 2.78 bits per heavy atom. The fourth-order valence-electron chi connectivity index (χ4n) is 2.50. The quantitative estimate of drug-likeness (QED) is 0.820. The molecule has 1 unspecified atom stereocenters. The first-order valence-corrected chi connectivity index (χ1v) is 6.88. The van der Waals surface area contributed by atoms with Gasteiger partial charge in [-0.1, -0.05) is 0 Å². The van der Waals surface area contributed by atoms with E-state index in [1.165, 1.54) is 0 Å². The van der Waals surface area contributed by atoms with Crippen molar-refractivity contribution in [1.82, 2.24) is 4.90 Å². The smallest absolute Gasteiger partial charge is 0.254 e. The standard InChI is InChI=1S/C14H19NO2S/c16-10-2-4-12-3-1-9-15(12)14(17)11-5-7-13(18)8-6-11/h5-8,12,16,18H,1-4,9-10H2. The summed E-state index contributed by atoms with van der Waals surface area (Å²) in [6, 6.07) is 7.63. The molecule has 0 spiro atoms. The highest BCUT2D eigenvalue weighted by Gasteiger charge is 2.28. The Morgan fingerprint density at radius 1 is 1.39 bits per heavy atom. The average Bonchev–Trinajstić information content (AvgIpc) is 2.84. The van der Waals surface area contributed by atoms with Crippen molar-refractivity contribution in [3.8, 4) is 0 Å². The fourth-order valence-corrected chi connectivity index (χ4v) is 2.65. The first-order valence-electron chi connectivity index (χ1n) is 6.43. The number of amides is 1. The summed E-state index contributed by atoms with van der Waals surface area (Å²) in [7, 11) is 0. The monoisotopic (exact) mass is 265 g/mol. The van der Waals surface area contributed by atoms with E-state index in [9.17, 15) is 4.79 Å². The number of carbonyl (C=O) groups is 1. The van der Waals surface area contributed by atoms with Crippen LogP contribution < -0.4 is 0 Å². The van der Waals surface area contributed by atoms with Gasteiger partial charge in [0.05, 0.1) is 0 Å². The van der Waals surface area contributed by atoms with Crippen LogP contribution in [0, 0.1) is 0 Å². The largest absolute Gasteiger partial charge is 0.396 e. The molecule has 1 saturated heterocycles. The van der Waals surface area contributed by atoms with Crippen molar-refractivity contribution in [2.24, 2.45) is 0 Å². The Labute approximate surface area is 113 Å². The van der Waals surface area contributed by atoms with Crippen molar-refractivity contribution in [3.63, 3.8) is 0 Å².